The van der Waals surface area contributed by atoms with Gasteiger partial charge in [-0.15, -0.1) is 0 Å². The maximum Gasteiger partial charge on any atom is 0.329 e. The Labute approximate surface area is 160 Å². The second kappa shape index (κ2) is 9.76. The van der Waals surface area contributed by atoms with Crippen LogP contribution in [0.25, 0.3) is 0 Å². The number of carbonyl (C=O) groups is 2. The average molecular weight is 369 g/mol. The number of aryl methyl sites for hydroxylation is 1. The van der Waals surface area contributed by atoms with Gasteiger partial charge in [-0.2, -0.15) is 0 Å². The molecule has 1 atom stereocenters. The number of amides is 1. The lowest BCUT2D eigenvalue weighted by Gasteiger charge is -2.21. The van der Waals surface area contributed by atoms with Crippen LogP contribution in [0.4, 0.5) is 0 Å². The van der Waals surface area contributed by atoms with Crippen molar-refractivity contribution in [3.63, 3.8) is 0 Å². The molecular formula is C22H27NO4. The van der Waals surface area contributed by atoms with Crippen LogP contribution in [0.2, 0.25) is 0 Å². The van der Waals surface area contributed by atoms with E-state index in [1.807, 2.05) is 52.0 Å². The molecule has 0 radical (unpaired) electrons. The predicted octanol–water partition coefficient (Wildman–Crippen LogP) is 3.89. The number of ether oxygens (including phenoxy) is 2. The van der Waals surface area contributed by atoms with Crippen LogP contribution in [0, 0.1) is 12.8 Å². The zero-order valence-electron chi connectivity index (χ0n) is 16.3. The van der Waals surface area contributed by atoms with E-state index in [0.717, 1.165) is 11.1 Å². The van der Waals surface area contributed by atoms with E-state index < -0.39 is 12.0 Å². The Kier molecular flexibility index (Phi) is 7.41. The highest BCUT2D eigenvalue weighted by atomic mass is 16.5. The Morgan fingerprint density at radius 2 is 1.70 bits per heavy atom. The molecule has 0 aliphatic carbocycles. The molecule has 0 aliphatic rings. The van der Waals surface area contributed by atoms with Crippen molar-refractivity contribution in [2.24, 2.45) is 5.92 Å². The van der Waals surface area contributed by atoms with E-state index in [2.05, 4.69) is 5.32 Å². The highest BCUT2D eigenvalue weighted by Gasteiger charge is 2.27. The van der Waals surface area contributed by atoms with Crippen LogP contribution in [-0.4, -0.2) is 24.5 Å². The van der Waals surface area contributed by atoms with E-state index in [0.29, 0.717) is 17.9 Å². The highest BCUT2D eigenvalue weighted by molar-refractivity contribution is 5.99. The molecule has 0 fully saturated rings. The van der Waals surface area contributed by atoms with Gasteiger partial charge in [-0.25, -0.2) is 4.79 Å². The second-order valence-electron chi connectivity index (χ2n) is 6.72. The van der Waals surface area contributed by atoms with E-state index in [4.69, 9.17) is 9.47 Å². The molecule has 1 amide bonds. The van der Waals surface area contributed by atoms with Gasteiger partial charge >= 0.3 is 5.97 Å². The molecule has 0 unspecified atom stereocenters. The third-order valence-corrected chi connectivity index (χ3v) is 4.14. The van der Waals surface area contributed by atoms with E-state index in [1.165, 1.54) is 0 Å². The van der Waals surface area contributed by atoms with Crippen molar-refractivity contribution in [3.8, 4) is 5.75 Å². The lowest BCUT2D eigenvalue weighted by atomic mass is 10.0. The first-order chi connectivity index (χ1) is 12.9. The molecule has 0 saturated carbocycles. The molecule has 5 heteroatoms. The molecule has 0 heterocycles. The number of benzene rings is 2. The van der Waals surface area contributed by atoms with Gasteiger partial charge in [0.2, 0.25) is 0 Å². The molecule has 27 heavy (non-hydrogen) atoms. The summed E-state index contributed by atoms with van der Waals surface area (Å²) in [6.07, 6.45) is 0. The minimum Gasteiger partial charge on any atom is -0.493 e. The standard InChI is InChI=1S/C22H27NO4/c1-5-26-19-9-7-6-8-18(19)21(24)23-20(15(2)3)22(25)27-14-17-12-10-16(4)11-13-17/h6-13,15,20H,5,14H2,1-4H3,(H,23,24)/t20-/m0/s1. The Morgan fingerprint density at radius 1 is 1.04 bits per heavy atom. The summed E-state index contributed by atoms with van der Waals surface area (Å²) >= 11 is 0. The van der Waals surface area contributed by atoms with E-state index in [9.17, 15) is 9.59 Å². The maximum absolute atomic E-state index is 12.7. The molecule has 1 N–H and O–H groups in total. The molecule has 0 bridgehead atoms. The molecule has 2 aromatic carbocycles. The van der Waals surface area contributed by atoms with Gasteiger partial charge < -0.3 is 14.8 Å². The van der Waals surface area contributed by atoms with Gasteiger partial charge in [0.15, 0.2) is 0 Å². The Balaban J connectivity index is 2.04. The Morgan fingerprint density at radius 3 is 2.33 bits per heavy atom. The zero-order chi connectivity index (χ0) is 19.8. The van der Waals surface area contributed by atoms with Crippen LogP contribution in [0.1, 0.15) is 42.3 Å². The van der Waals surface area contributed by atoms with Crippen molar-refractivity contribution < 1.29 is 19.1 Å². The van der Waals surface area contributed by atoms with Crippen LogP contribution >= 0.6 is 0 Å². The summed E-state index contributed by atoms with van der Waals surface area (Å²) < 4.78 is 10.9. The smallest absolute Gasteiger partial charge is 0.329 e. The van der Waals surface area contributed by atoms with Crippen LogP contribution in [0.5, 0.6) is 5.75 Å². The van der Waals surface area contributed by atoms with Crippen LogP contribution < -0.4 is 10.1 Å². The normalized spacial score (nSPS) is 11.7. The van der Waals surface area contributed by atoms with Crippen molar-refractivity contribution in [1.29, 1.82) is 0 Å². The first-order valence-corrected chi connectivity index (χ1v) is 9.17. The summed E-state index contributed by atoms with van der Waals surface area (Å²) in [4.78, 5) is 25.2. The van der Waals surface area contributed by atoms with Gasteiger partial charge in [0.25, 0.3) is 5.91 Å². The van der Waals surface area contributed by atoms with E-state index >= 15 is 0 Å². The first kappa shape index (κ1) is 20.5. The topological polar surface area (TPSA) is 64.6 Å². The molecule has 2 aromatic rings. The summed E-state index contributed by atoms with van der Waals surface area (Å²) in [5.41, 5.74) is 2.45. The fraction of sp³-hybridized carbons (Fsp3) is 0.364. The molecule has 0 aromatic heterocycles. The molecule has 0 saturated heterocycles. The van der Waals surface area contributed by atoms with Crippen LogP contribution in [0.15, 0.2) is 48.5 Å². The van der Waals surface area contributed by atoms with Crippen LogP contribution in [0.3, 0.4) is 0 Å². The number of hydrogen-bond donors (Lipinski definition) is 1. The monoisotopic (exact) mass is 369 g/mol. The Hall–Kier alpha value is -2.82. The van der Waals surface area contributed by atoms with Crippen molar-refractivity contribution in [3.05, 3.63) is 65.2 Å². The van der Waals surface area contributed by atoms with Gasteiger partial charge in [0.1, 0.15) is 18.4 Å². The van der Waals surface area contributed by atoms with Gasteiger partial charge in [0, 0.05) is 0 Å². The minimum absolute atomic E-state index is 0.112. The lowest BCUT2D eigenvalue weighted by Crippen LogP contribution is -2.45. The molecule has 144 valence electrons. The van der Waals surface area contributed by atoms with Gasteiger partial charge in [-0.3, -0.25) is 4.79 Å². The maximum atomic E-state index is 12.7. The number of hydrogen-bond acceptors (Lipinski definition) is 4. The van der Waals surface area contributed by atoms with Crippen LogP contribution in [-0.2, 0) is 16.1 Å². The quantitative estimate of drug-likeness (QED) is 0.717. The third-order valence-electron chi connectivity index (χ3n) is 4.14. The zero-order valence-corrected chi connectivity index (χ0v) is 16.3. The summed E-state index contributed by atoms with van der Waals surface area (Å²) in [6, 6.07) is 14.0. The first-order valence-electron chi connectivity index (χ1n) is 9.17. The molecular weight excluding hydrogens is 342 g/mol. The predicted molar refractivity (Wildman–Crippen MR) is 105 cm³/mol. The Bertz CT molecular complexity index is 768. The fourth-order valence-corrected chi connectivity index (χ4v) is 2.58. The molecule has 0 spiro atoms. The van der Waals surface area contributed by atoms with E-state index in [1.54, 1.807) is 24.3 Å². The summed E-state index contributed by atoms with van der Waals surface area (Å²) in [7, 11) is 0. The van der Waals surface area contributed by atoms with E-state index in [-0.39, 0.29) is 18.4 Å². The fourth-order valence-electron chi connectivity index (χ4n) is 2.58. The molecule has 5 nitrogen and oxygen atoms in total. The number of esters is 1. The molecule has 2 rings (SSSR count). The van der Waals surface area contributed by atoms with Crippen molar-refractivity contribution in [2.75, 3.05) is 6.61 Å². The van der Waals surface area contributed by atoms with Gasteiger partial charge in [-0.1, -0.05) is 55.8 Å². The number of para-hydroxylation sites is 1. The van der Waals surface area contributed by atoms with Crippen molar-refractivity contribution in [1.82, 2.24) is 5.32 Å². The third kappa shape index (κ3) is 5.84. The lowest BCUT2D eigenvalue weighted by molar-refractivity contribution is -0.148. The highest BCUT2D eigenvalue weighted by Crippen LogP contribution is 2.18. The summed E-state index contributed by atoms with van der Waals surface area (Å²) in [5, 5.41) is 2.78. The SMILES string of the molecule is CCOc1ccccc1C(=O)N[C@H](C(=O)OCc1ccc(C)cc1)C(C)C. The number of carbonyl (C=O) groups excluding carboxylic acids is 2. The summed E-state index contributed by atoms with van der Waals surface area (Å²) in [5.74, 6) is -0.426. The summed E-state index contributed by atoms with van der Waals surface area (Å²) in [6.45, 7) is 8.22. The number of nitrogens with one attached hydrogen (secondary N) is 1. The molecule has 0 aliphatic heterocycles. The van der Waals surface area contributed by atoms with Gasteiger partial charge in [-0.05, 0) is 37.5 Å². The number of rotatable bonds is 8. The van der Waals surface area contributed by atoms with Gasteiger partial charge in [0.05, 0.1) is 12.2 Å². The largest absolute Gasteiger partial charge is 0.493 e. The van der Waals surface area contributed by atoms with Crippen molar-refractivity contribution >= 4 is 11.9 Å². The minimum atomic E-state index is -0.738. The second-order valence-corrected chi connectivity index (χ2v) is 6.72. The average Bonchev–Trinajstić information content (AvgIpc) is 2.65. The van der Waals surface area contributed by atoms with Crippen molar-refractivity contribution in [2.45, 2.75) is 40.3 Å².